The van der Waals surface area contributed by atoms with Gasteiger partial charge in [-0.2, -0.15) is 0 Å². The van der Waals surface area contributed by atoms with E-state index in [9.17, 15) is 9.59 Å². The molecule has 1 spiro atoms. The summed E-state index contributed by atoms with van der Waals surface area (Å²) in [7, 11) is 0. The van der Waals surface area contributed by atoms with Gasteiger partial charge < -0.3 is 14.4 Å². The maximum absolute atomic E-state index is 12.1. The lowest BCUT2D eigenvalue weighted by atomic mass is 9.81. The van der Waals surface area contributed by atoms with Crippen LogP contribution in [0.25, 0.3) is 0 Å². The van der Waals surface area contributed by atoms with E-state index in [0.717, 1.165) is 12.8 Å². The quantitative estimate of drug-likeness (QED) is 0.735. The van der Waals surface area contributed by atoms with Crippen LogP contribution in [-0.2, 0) is 14.3 Å². The number of carbonyl (C=O) groups excluding carboxylic acids is 2. The molecular weight excluding hydrogens is 270 g/mol. The molecule has 21 heavy (non-hydrogen) atoms. The Morgan fingerprint density at radius 3 is 2.52 bits per heavy atom. The predicted molar refractivity (Wildman–Crippen MR) is 78.8 cm³/mol. The summed E-state index contributed by atoms with van der Waals surface area (Å²) in [5.74, 6) is 0.247. The van der Waals surface area contributed by atoms with Crippen molar-refractivity contribution in [2.24, 2.45) is 17.3 Å². The molecule has 1 saturated carbocycles. The Balaban J connectivity index is 1.92. The minimum Gasteiger partial charge on any atom is -0.466 e. The zero-order valence-electron chi connectivity index (χ0n) is 13.8. The van der Waals surface area contributed by atoms with Gasteiger partial charge in [0.15, 0.2) is 0 Å². The summed E-state index contributed by atoms with van der Waals surface area (Å²) in [6.07, 6.45) is 1.50. The number of esters is 1. The molecule has 5 heteroatoms. The van der Waals surface area contributed by atoms with Crippen LogP contribution in [-0.4, -0.2) is 42.3 Å². The summed E-state index contributed by atoms with van der Waals surface area (Å²) < 4.78 is 10.6. The van der Waals surface area contributed by atoms with Crippen LogP contribution in [0, 0.1) is 17.3 Å². The minimum absolute atomic E-state index is 0.0215. The molecule has 1 amide bonds. The van der Waals surface area contributed by atoms with Crippen molar-refractivity contribution in [1.29, 1.82) is 0 Å². The maximum atomic E-state index is 12.1. The molecule has 2 fully saturated rings. The van der Waals surface area contributed by atoms with Gasteiger partial charge in [0.1, 0.15) is 5.60 Å². The summed E-state index contributed by atoms with van der Waals surface area (Å²) in [5.41, 5.74) is -0.423. The molecule has 0 aromatic heterocycles. The van der Waals surface area contributed by atoms with Crippen LogP contribution in [0.15, 0.2) is 0 Å². The third kappa shape index (κ3) is 3.33. The van der Waals surface area contributed by atoms with E-state index < -0.39 is 5.60 Å². The number of ether oxygens (including phenoxy) is 2. The standard InChI is InChI=1S/C16H27NO4/c1-6-20-13(18)12-9-16(12)7-8-17(10-11(16)2)14(19)21-15(3,4)5/h11-12H,6-10H2,1-5H3. The lowest BCUT2D eigenvalue weighted by molar-refractivity contribution is -0.146. The molecule has 3 unspecified atom stereocenters. The van der Waals surface area contributed by atoms with E-state index in [-0.39, 0.29) is 23.4 Å². The molecule has 2 rings (SSSR count). The zero-order valence-corrected chi connectivity index (χ0v) is 13.8. The second-order valence-electron chi connectivity index (χ2n) is 7.32. The Morgan fingerprint density at radius 2 is 2.00 bits per heavy atom. The number of hydrogen-bond acceptors (Lipinski definition) is 4. The molecule has 0 bridgehead atoms. The predicted octanol–water partition coefficient (Wildman–Crippen LogP) is 2.83. The van der Waals surface area contributed by atoms with Crippen molar-refractivity contribution in [1.82, 2.24) is 4.90 Å². The third-order valence-corrected chi connectivity index (χ3v) is 4.66. The Bertz CT molecular complexity index is 428. The fourth-order valence-electron chi connectivity index (χ4n) is 3.39. The normalized spacial score (nSPS) is 32.0. The largest absolute Gasteiger partial charge is 0.466 e. The van der Waals surface area contributed by atoms with Crippen LogP contribution >= 0.6 is 0 Å². The molecule has 0 N–H and O–H groups in total. The van der Waals surface area contributed by atoms with Crippen molar-refractivity contribution in [3.8, 4) is 0 Å². The number of nitrogens with zero attached hydrogens (tertiary/aromatic N) is 1. The first-order valence-electron chi connectivity index (χ1n) is 7.84. The van der Waals surface area contributed by atoms with Crippen LogP contribution in [0.5, 0.6) is 0 Å². The highest BCUT2D eigenvalue weighted by atomic mass is 16.6. The number of rotatable bonds is 2. The van der Waals surface area contributed by atoms with Gasteiger partial charge in [-0.1, -0.05) is 6.92 Å². The maximum Gasteiger partial charge on any atom is 0.410 e. The van der Waals surface area contributed by atoms with Crippen molar-refractivity contribution in [2.45, 2.75) is 53.1 Å². The van der Waals surface area contributed by atoms with Gasteiger partial charge in [-0.25, -0.2) is 4.79 Å². The van der Waals surface area contributed by atoms with Gasteiger partial charge in [-0.3, -0.25) is 4.79 Å². The van der Waals surface area contributed by atoms with E-state index in [1.165, 1.54) is 0 Å². The molecule has 0 radical (unpaired) electrons. The molecule has 120 valence electrons. The van der Waals surface area contributed by atoms with Crippen LogP contribution in [0.3, 0.4) is 0 Å². The number of amides is 1. The Labute approximate surface area is 127 Å². The number of carbonyl (C=O) groups is 2. The van der Waals surface area contributed by atoms with Crippen LogP contribution in [0.4, 0.5) is 4.79 Å². The molecule has 3 atom stereocenters. The molecule has 1 heterocycles. The molecule has 2 aliphatic rings. The van der Waals surface area contributed by atoms with E-state index in [1.807, 2.05) is 27.7 Å². The highest BCUT2D eigenvalue weighted by molar-refractivity contribution is 5.77. The highest BCUT2D eigenvalue weighted by Gasteiger charge is 2.63. The van der Waals surface area contributed by atoms with E-state index in [1.54, 1.807) is 4.90 Å². The number of hydrogen-bond donors (Lipinski definition) is 0. The van der Waals surface area contributed by atoms with E-state index >= 15 is 0 Å². The Hall–Kier alpha value is -1.26. The van der Waals surface area contributed by atoms with Gasteiger partial charge >= 0.3 is 12.1 Å². The van der Waals surface area contributed by atoms with Crippen molar-refractivity contribution in [2.75, 3.05) is 19.7 Å². The van der Waals surface area contributed by atoms with Crippen molar-refractivity contribution in [3.05, 3.63) is 0 Å². The fraction of sp³-hybridized carbons (Fsp3) is 0.875. The fourth-order valence-corrected chi connectivity index (χ4v) is 3.39. The van der Waals surface area contributed by atoms with Crippen molar-refractivity contribution < 1.29 is 19.1 Å². The van der Waals surface area contributed by atoms with Crippen molar-refractivity contribution in [3.63, 3.8) is 0 Å². The first kappa shape index (κ1) is 16.1. The van der Waals surface area contributed by atoms with Crippen molar-refractivity contribution >= 4 is 12.1 Å². The van der Waals surface area contributed by atoms with Gasteiger partial charge in [0.25, 0.3) is 0 Å². The van der Waals surface area contributed by atoms with E-state index in [2.05, 4.69) is 6.92 Å². The highest BCUT2D eigenvalue weighted by Crippen LogP contribution is 2.62. The average molecular weight is 297 g/mol. The van der Waals surface area contributed by atoms with Crippen LogP contribution in [0.1, 0.15) is 47.5 Å². The van der Waals surface area contributed by atoms with E-state index in [0.29, 0.717) is 25.6 Å². The molecule has 0 aromatic carbocycles. The Morgan fingerprint density at radius 1 is 1.33 bits per heavy atom. The van der Waals surface area contributed by atoms with E-state index in [4.69, 9.17) is 9.47 Å². The number of likely N-dealkylation sites (tertiary alicyclic amines) is 1. The Kier molecular flexibility index (Phi) is 4.22. The smallest absolute Gasteiger partial charge is 0.410 e. The summed E-state index contributed by atoms with van der Waals surface area (Å²) in [4.78, 5) is 25.8. The number of piperidine rings is 1. The van der Waals surface area contributed by atoms with Gasteiger partial charge in [0.05, 0.1) is 12.5 Å². The lowest BCUT2D eigenvalue weighted by Crippen LogP contribution is -2.46. The second-order valence-corrected chi connectivity index (χ2v) is 7.32. The molecule has 1 aliphatic carbocycles. The topological polar surface area (TPSA) is 55.8 Å². The SMILES string of the molecule is CCOC(=O)C1CC12CCN(C(=O)OC(C)(C)C)CC2C. The van der Waals surface area contributed by atoms with Gasteiger partial charge in [0.2, 0.25) is 0 Å². The molecule has 1 aliphatic heterocycles. The van der Waals surface area contributed by atoms with Gasteiger partial charge in [-0.05, 0) is 51.9 Å². The minimum atomic E-state index is -0.470. The second kappa shape index (κ2) is 5.50. The first-order valence-corrected chi connectivity index (χ1v) is 7.84. The zero-order chi connectivity index (χ0) is 15.8. The van der Waals surface area contributed by atoms with Gasteiger partial charge in [0, 0.05) is 13.1 Å². The van der Waals surface area contributed by atoms with Crippen LogP contribution in [0.2, 0.25) is 0 Å². The molecule has 5 nitrogen and oxygen atoms in total. The van der Waals surface area contributed by atoms with Gasteiger partial charge in [-0.15, -0.1) is 0 Å². The monoisotopic (exact) mass is 297 g/mol. The molecule has 0 aromatic rings. The first-order chi connectivity index (χ1) is 9.69. The van der Waals surface area contributed by atoms with Crippen LogP contribution < -0.4 is 0 Å². The summed E-state index contributed by atoms with van der Waals surface area (Å²) >= 11 is 0. The molecular formula is C16H27NO4. The summed E-state index contributed by atoms with van der Waals surface area (Å²) in [6.45, 7) is 11.3. The summed E-state index contributed by atoms with van der Waals surface area (Å²) in [6, 6.07) is 0. The summed E-state index contributed by atoms with van der Waals surface area (Å²) in [5, 5.41) is 0. The molecule has 1 saturated heterocycles. The lowest BCUT2D eigenvalue weighted by Gasteiger charge is -2.38. The average Bonchev–Trinajstić information content (AvgIpc) is 3.07. The third-order valence-electron chi connectivity index (χ3n) is 4.66.